The van der Waals surface area contributed by atoms with Crippen LogP contribution in [0.15, 0.2) is 24.3 Å². The Morgan fingerprint density at radius 2 is 2.06 bits per heavy atom. The first-order chi connectivity index (χ1) is 7.65. The minimum absolute atomic E-state index is 0.192. The van der Waals surface area contributed by atoms with Gasteiger partial charge in [0.2, 0.25) is 0 Å². The zero-order valence-electron chi connectivity index (χ0n) is 9.47. The van der Waals surface area contributed by atoms with Crippen molar-refractivity contribution < 1.29 is 10.2 Å². The van der Waals surface area contributed by atoms with Gasteiger partial charge < -0.3 is 15.9 Å². The van der Waals surface area contributed by atoms with Gasteiger partial charge >= 0.3 is 0 Å². The van der Waals surface area contributed by atoms with Gasteiger partial charge in [0.1, 0.15) is 0 Å². The maximum absolute atomic E-state index is 9.96. The van der Waals surface area contributed by atoms with E-state index in [-0.39, 0.29) is 6.61 Å². The third kappa shape index (κ3) is 4.04. The van der Waals surface area contributed by atoms with Crippen molar-refractivity contribution in [2.45, 2.75) is 24.7 Å². The molecule has 0 bridgehead atoms. The number of anilines is 1. The summed E-state index contributed by atoms with van der Waals surface area (Å²) in [6.07, 6.45) is 0.217. The smallest absolute Gasteiger partial charge is 0.0900 e. The number of nitrogens with two attached hydrogens (primary N) is 1. The van der Waals surface area contributed by atoms with Crippen molar-refractivity contribution in [1.82, 2.24) is 0 Å². The second-order valence-corrected chi connectivity index (χ2v) is 5.27. The zero-order chi connectivity index (χ0) is 12.0. The van der Waals surface area contributed by atoms with Crippen LogP contribution in [0.25, 0.3) is 0 Å². The number of thioether (sulfide) groups is 1. The average Bonchev–Trinajstić information content (AvgIpc) is 2.27. The minimum Gasteiger partial charge on any atom is -0.398 e. The van der Waals surface area contributed by atoms with E-state index < -0.39 is 6.10 Å². The predicted molar refractivity (Wildman–Crippen MR) is 69.4 cm³/mol. The molecule has 0 aliphatic carbocycles. The van der Waals surface area contributed by atoms with Gasteiger partial charge in [-0.15, -0.1) is 0 Å². The van der Waals surface area contributed by atoms with Crippen LogP contribution in [0.5, 0.6) is 0 Å². The van der Waals surface area contributed by atoms with E-state index in [2.05, 4.69) is 0 Å². The van der Waals surface area contributed by atoms with E-state index in [1.54, 1.807) is 17.8 Å². The molecule has 0 heterocycles. The highest BCUT2D eigenvalue weighted by Crippen LogP contribution is 2.25. The maximum Gasteiger partial charge on any atom is 0.0900 e. The van der Waals surface area contributed by atoms with Crippen LogP contribution in [-0.4, -0.2) is 27.8 Å². The summed E-state index contributed by atoms with van der Waals surface area (Å²) >= 11 is 1.65. The Hall–Kier alpha value is -0.710. The fraction of sp³-hybridized carbons (Fsp3) is 0.500. The number of nitrogen functional groups attached to an aromatic ring is 1. The first kappa shape index (κ1) is 13.4. The van der Waals surface area contributed by atoms with Crippen molar-refractivity contribution >= 4 is 17.4 Å². The highest BCUT2D eigenvalue weighted by molar-refractivity contribution is 7.99. The SMILES string of the molecule is CC(CCO)SCC(O)c1ccccc1N. The largest absolute Gasteiger partial charge is 0.398 e. The predicted octanol–water partition coefficient (Wildman–Crippen LogP) is 1.81. The van der Waals surface area contributed by atoms with Crippen molar-refractivity contribution in [3.8, 4) is 0 Å². The number of hydrogen-bond acceptors (Lipinski definition) is 4. The zero-order valence-corrected chi connectivity index (χ0v) is 10.3. The van der Waals surface area contributed by atoms with Crippen LogP contribution in [0, 0.1) is 0 Å². The summed E-state index contributed by atoms with van der Waals surface area (Å²) in [7, 11) is 0. The van der Waals surface area contributed by atoms with Crippen molar-refractivity contribution in [2.75, 3.05) is 18.1 Å². The molecule has 1 aromatic rings. The van der Waals surface area contributed by atoms with E-state index >= 15 is 0 Å². The standard InChI is InChI=1S/C12H19NO2S/c1-9(6-7-14)16-8-12(15)10-4-2-3-5-11(10)13/h2-5,9,12,14-15H,6-8,13H2,1H3. The number of aliphatic hydroxyl groups excluding tert-OH is 2. The molecule has 0 spiro atoms. The van der Waals surface area contributed by atoms with Crippen LogP contribution >= 0.6 is 11.8 Å². The van der Waals surface area contributed by atoms with Gasteiger partial charge in [-0.1, -0.05) is 25.1 Å². The van der Waals surface area contributed by atoms with Crippen LogP contribution in [0.3, 0.4) is 0 Å². The van der Waals surface area contributed by atoms with E-state index in [4.69, 9.17) is 10.8 Å². The lowest BCUT2D eigenvalue weighted by molar-refractivity contribution is 0.204. The molecule has 2 unspecified atom stereocenters. The first-order valence-electron chi connectivity index (χ1n) is 5.40. The number of rotatable bonds is 6. The third-order valence-corrected chi connectivity index (χ3v) is 3.74. The summed E-state index contributed by atoms with van der Waals surface area (Å²) in [5.74, 6) is 0.607. The Bertz CT molecular complexity index is 320. The number of aliphatic hydroxyl groups is 2. The molecule has 1 rings (SSSR count). The van der Waals surface area contributed by atoms with Gasteiger partial charge in [-0.2, -0.15) is 11.8 Å². The lowest BCUT2D eigenvalue weighted by Gasteiger charge is -2.15. The topological polar surface area (TPSA) is 66.5 Å². The molecule has 2 atom stereocenters. The molecule has 4 N–H and O–H groups in total. The van der Waals surface area contributed by atoms with Crippen LogP contribution in [-0.2, 0) is 0 Å². The van der Waals surface area contributed by atoms with Crippen molar-refractivity contribution in [3.63, 3.8) is 0 Å². The molecular weight excluding hydrogens is 222 g/mol. The third-order valence-electron chi connectivity index (χ3n) is 2.43. The fourth-order valence-corrected chi connectivity index (χ4v) is 2.39. The van der Waals surface area contributed by atoms with Crippen molar-refractivity contribution in [2.24, 2.45) is 0 Å². The minimum atomic E-state index is -0.535. The van der Waals surface area contributed by atoms with Gasteiger partial charge in [0.15, 0.2) is 0 Å². The van der Waals surface area contributed by atoms with E-state index in [1.165, 1.54) is 0 Å². The Morgan fingerprint density at radius 3 is 2.69 bits per heavy atom. The molecule has 0 aliphatic rings. The van der Waals surface area contributed by atoms with Crippen LogP contribution in [0.1, 0.15) is 25.0 Å². The van der Waals surface area contributed by atoms with Crippen LogP contribution < -0.4 is 5.73 Å². The van der Waals surface area contributed by atoms with Gasteiger partial charge in [0, 0.05) is 28.9 Å². The maximum atomic E-state index is 9.96. The summed E-state index contributed by atoms with van der Waals surface area (Å²) in [5, 5.41) is 19.1. The molecule has 0 saturated carbocycles. The van der Waals surface area contributed by atoms with Gasteiger partial charge in [-0.05, 0) is 12.5 Å². The molecule has 16 heavy (non-hydrogen) atoms. The molecular formula is C12H19NO2S. The van der Waals surface area contributed by atoms with Crippen molar-refractivity contribution in [3.05, 3.63) is 29.8 Å². The molecule has 90 valence electrons. The number of hydrogen-bond donors (Lipinski definition) is 3. The molecule has 3 nitrogen and oxygen atoms in total. The monoisotopic (exact) mass is 241 g/mol. The highest BCUT2D eigenvalue weighted by Gasteiger charge is 2.12. The normalized spacial score (nSPS) is 14.7. The Kier molecular flexibility index (Phi) is 5.66. The van der Waals surface area contributed by atoms with Gasteiger partial charge in [-0.25, -0.2) is 0 Å². The summed E-state index contributed by atoms with van der Waals surface area (Å²) in [4.78, 5) is 0. The van der Waals surface area contributed by atoms with E-state index in [9.17, 15) is 5.11 Å². The molecule has 0 amide bonds. The van der Waals surface area contributed by atoms with Crippen LogP contribution in [0.2, 0.25) is 0 Å². The second-order valence-electron chi connectivity index (χ2n) is 3.80. The lowest BCUT2D eigenvalue weighted by Crippen LogP contribution is -2.08. The lowest BCUT2D eigenvalue weighted by atomic mass is 10.1. The summed E-state index contributed by atoms with van der Waals surface area (Å²) in [5.41, 5.74) is 7.19. The number of para-hydroxylation sites is 1. The van der Waals surface area contributed by atoms with E-state index in [0.717, 1.165) is 12.0 Å². The molecule has 0 fully saturated rings. The summed E-state index contributed by atoms with van der Waals surface area (Å²) in [6, 6.07) is 7.36. The summed E-state index contributed by atoms with van der Waals surface area (Å²) in [6.45, 7) is 2.24. The Balaban J connectivity index is 2.46. The van der Waals surface area contributed by atoms with Crippen molar-refractivity contribution in [1.29, 1.82) is 0 Å². The molecule has 0 aliphatic heterocycles. The fourth-order valence-electron chi connectivity index (χ4n) is 1.42. The quantitative estimate of drug-likeness (QED) is 0.664. The van der Waals surface area contributed by atoms with Gasteiger partial charge in [0.05, 0.1) is 6.10 Å². The molecule has 0 aromatic heterocycles. The highest BCUT2D eigenvalue weighted by atomic mass is 32.2. The van der Waals surface area contributed by atoms with E-state index in [1.807, 2.05) is 25.1 Å². The number of benzene rings is 1. The van der Waals surface area contributed by atoms with Gasteiger partial charge in [0.25, 0.3) is 0 Å². The average molecular weight is 241 g/mol. The van der Waals surface area contributed by atoms with E-state index in [0.29, 0.717) is 16.7 Å². The first-order valence-corrected chi connectivity index (χ1v) is 6.45. The van der Waals surface area contributed by atoms with Crippen LogP contribution in [0.4, 0.5) is 5.69 Å². The Morgan fingerprint density at radius 1 is 1.38 bits per heavy atom. The summed E-state index contributed by atoms with van der Waals surface area (Å²) < 4.78 is 0. The Labute approximate surface area is 101 Å². The molecule has 0 saturated heterocycles. The molecule has 0 radical (unpaired) electrons. The second kappa shape index (κ2) is 6.78. The molecule has 1 aromatic carbocycles. The van der Waals surface area contributed by atoms with Gasteiger partial charge in [-0.3, -0.25) is 0 Å². The molecule has 4 heteroatoms.